The molecule has 0 fully saturated rings. The van der Waals surface area contributed by atoms with Crippen molar-refractivity contribution in [3.63, 3.8) is 0 Å². The number of nitrogens with one attached hydrogen (secondary N) is 1. The SMILES string of the molecule is CCCn1nccc1C(=O)NCCCn1cccn1. The molecular weight excluding hydrogens is 242 g/mol. The molecule has 0 bridgehead atoms. The highest BCUT2D eigenvalue weighted by Gasteiger charge is 2.10. The van der Waals surface area contributed by atoms with Crippen LogP contribution in [-0.4, -0.2) is 32.0 Å². The average molecular weight is 261 g/mol. The van der Waals surface area contributed by atoms with Crippen LogP contribution in [0.1, 0.15) is 30.3 Å². The van der Waals surface area contributed by atoms with Gasteiger partial charge in [-0.05, 0) is 25.0 Å². The standard InChI is InChI=1S/C13H19N5O/c1-2-9-18-12(5-8-16-18)13(19)14-6-3-10-17-11-4-7-15-17/h4-5,7-8,11H,2-3,6,9-10H2,1H3,(H,14,19). The highest BCUT2D eigenvalue weighted by Crippen LogP contribution is 2.00. The minimum absolute atomic E-state index is 0.0635. The summed E-state index contributed by atoms with van der Waals surface area (Å²) in [7, 11) is 0. The Balaban J connectivity index is 1.76. The molecule has 0 aliphatic carbocycles. The van der Waals surface area contributed by atoms with Gasteiger partial charge in [-0.3, -0.25) is 14.2 Å². The van der Waals surface area contributed by atoms with Crippen LogP contribution < -0.4 is 5.32 Å². The predicted molar refractivity (Wildman–Crippen MR) is 71.7 cm³/mol. The van der Waals surface area contributed by atoms with Gasteiger partial charge in [0.15, 0.2) is 0 Å². The minimum atomic E-state index is -0.0635. The van der Waals surface area contributed by atoms with Crippen LogP contribution in [0, 0.1) is 0 Å². The monoisotopic (exact) mass is 261 g/mol. The number of amides is 1. The van der Waals surface area contributed by atoms with E-state index in [0.29, 0.717) is 12.2 Å². The summed E-state index contributed by atoms with van der Waals surface area (Å²) in [5.74, 6) is -0.0635. The van der Waals surface area contributed by atoms with Crippen LogP contribution in [0.5, 0.6) is 0 Å². The third kappa shape index (κ3) is 3.67. The number of carbonyl (C=O) groups excluding carboxylic acids is 1. The van der Waals surface area contributed by atoms with E-state index < -0.39 is 0 Å². The zero-order chi connectivity index (χ0) is 13.5. The van der Waals surface area contributed by atoms with Gasteiger partial charge in [0.05, 0.1) is 0 Å². The molecule has 0 aromatic carbocycles. The van der Waals surface area contributed by atoms with Gasteiger partial charge in [-0.15, -0.1) is 0 Å². The lowest BCUT2D eigenvalue weighted by Gasteiger charge is -2.07. The zero-order valence-electron chi connectivity index (χ0n) is 11.1. The van der Waals surface area contributed by atoms with Crippen LogP contribution in [0.15, 0.2) is 30.7 Å². The minimum Gasteiger partial charge on any atom is -0.351 e. The van der Waals surface area contributed by atoms with Crippen LogP contribution in [-0.2, 0) is 13.1 Å². The second kappa shape index (κ2) is 6.72. The predicted octanol–water partition coefficient (Wildman–Crippen LogP) is 1.31. The molecule has 6 heteroatoms. The Labute approximate surface area is 112 Å². The first-order chi connectivity index (χ1) is 9.31. The van der Waals surface area contributed by atoms with Gasteiger partial charge in [-0.1, -0.05) is 6.92 Å². The van der Waals surface area contributed by atoms with E-state index in [9.17, 15) is 4.79 Å². The third-order valence-corrected chi connectivity index (χ3v) is 2.79. The first kappa shape index (κ1) is 13.3. The lowest BCUT2D eigenvalue weighted by Crippen LogP contribution is -2.27. The summed E-state index contributed by atoms with van der Waals surface area (Å²) < 4.78 is 3.59. The molecule has 2 aromatic heterocycles. The summed E-state index contributed by atoms with van der Waals surface area (Å²) in [5.41, 5.74) is 0.626. The van der Waals surface area contributed by atoms with Crippen molar-refractivity contribution in [3.05, 3.63) is 36.4 Å². The van der Waals surface area contributed by atoms with Crippen molar-refractivity contribution in [3.8, 4) is 0 Å². The van der Waals surface area contributed by atoms with E-state index in [1.165, 1.54) is 0 Å². The summed E-state index contributed by atoms with van der Waals surface area (Å²) in [4.78, 5) is 12.0. The molecule has 0 radical (unpaired) electrons. The van der Waals surface area contributed by atoms with Crippen LogP contribution >= 0.6 is 0 Å². The Morgan fingerprint density at radius 3 is 2.95 bits per heavy atom. The van der Waals surface area contributed by atoms with Crippen molar-refractivity contribution >= 4 is 5.91 Å². The number of hydrogen-bond donors (Lipinski definition) is 1. The fourth-order valence-electron chi connectivity index (χ4n) is 1.88. The number of rotatable bonds is 7. The van der Waals surface area contributed by atoms with Crippen LogP contribution in [0.4, 0.5) is 0 Å². The molecule has 2 aromatic rings. The summed E-state index contributed by atoms with van der Waals surface area (Å²) in [5, 5.41) is 11.2. The summed E-state index contributed by atoms with van der Waals surface area (Å²) >= 11 is 0. The molecule has 102 valence electrons. The second-order valence-corrected chi connectivity index (χ2v) is 4.32. The van der Waals surface area contributed by atoms with E-state index in [1.807, 2.05) is 16.9 Å². The fourth-order valence-corrected chi connectivity index (χ4v) is 1.88. The molecule has 2 rings (SSSR count). The molecule has 0 saturated carbocycles. The number of carbonyl (C=O) groups is 1. The van der Waals surface area contributed by atoms with E-state index in [4.69, 9.17) is 0 Å². The van der Waals surface area contributed by atoms with Gasteiger partial charge in [0, 0.05) is 38.2 Å². The Bertz CT molecular complexity index is 503. The molecular formula is C13H19N5O. The van der Waals surface area contributed by atoms with Gasteiger partial charge in [0.2, 0.25) is 0 Å². The molecule has 1 amide bonds. The molecule has 0 aliphatic rings. The van der Waals surface area contributed by atoms with E-state index in [2.05, 4.69) is 22.4 Å². The van der Waals surface area contributed by atoms with Crippen molar-refractivity contribution in [2.24, 2.45) is 0 Å². The Morgan fingerprint density at radius 1 is 1.32 bits per heavy atom. The van der Waals surface area contributed by atoms with Crippen molar-refractivity contribution in [1.82, 2.24) is 24.9 Å². The smallest absolute Gasteiger partial charge is 0.269 e. The number of hydrogen-bond acceptors (Lipinski definition) is 3. The lowest BCUT2D eigenvalue weighted by molar-refractivity contribution is 0.0941. The first-order valence-corrected chi connectivity index (χ1v) is 6.58. The highest BCUT2D eigenvalue weighted by atomic mass is 16.2. The van der Waals surface area contributed by atoms with Gasteiger partial charge < -0.3 is 5.32 Å². The van der Waals surface area contributed by atoms with Crippen molar-refractivity contribution in [1.29, 1.82) is 0 Å². The summed E-state index contributed by atoms with van der Waals surface area (Å²) in [6, 6.07) is 3.64. The van der Waals surface area contributed by atoms with E-state index >= 15 is 0 Å². The van der Waals surface area contributed by atoms with Crippen molar-refractivity contribution < 1.29 is 4.79 Å². The average Bonchev–Trinajstić information content (AvgIpc) is 3.05. The molecule has 1 N–H and O–H groups in total. The van der Waals surface area contributed by atoms with E-state index in [0.717, 1.165) is 25.9 Å². The van der Waals surface area contributed by atoms with Gasteiger partial charge in [-0.2, -0.15) is 10.2 Å². The Hall–Kier alpha value is -2.11. The molecule has 0 spiro atoms. The molecule has 0 unspecified atom stereocenters. The number of nitrogens with zero attached hydrogens (tertiary/aromatic N) is 4. The van der Waals surface area contributed by atoms with Gasteiger partial charge in [0.1, 0.15) is 5.69 Å². The molecule has 6 nitrogen and oxygen atoms in total. The molecule has 19 heavy (non-hydrogen) atoms. The molecule has 0 aliphatic heterocycles. The van der Waals surface area contributed by atoms with Crippen LogP contribution in [0.25, 0.3) is 0 Å². The topological polar surface area (TPSA) is 64.7 Å². The van der Waals surface area contributed by atoms with E-state index in [-0.39, 0.29) is 5.91 Å². The zero-order valence-corrected chi connectivity index (χ0v) is 11.1. The maximum absolute atomic E-state index is 12.0. The van der Waals surface area contributed by atoms with Crippen LogP contribution in [0.2, 0.25) is 0 Å². The first-order valence-electron chi connectivity index (χ1n) is 6.58. The second-order valence-electron chi connectivity index (χ2n) is 4.32. The number of aryl methyl sites for hydroxylation is 2. The maximum Gasteiger partial charge on any atom is 0.269 e. The Kier molecular flexibility index (Phi) is 4.72. The third-order valence-electron chi connectivity index (χ3n) is 2.79. The maximum atomic E-state index is 12.0. The molecule has 0 saturated heterocycles. The van der Waals surface area contributed by atoms with Gasteiger partial charge in [-0.25, -0.2) is 0 Å². The molecule has 0 atom stereocenters. The fraction of sp³-hybridized carbons (Fsp3) is 0.462. The normalized spacial score (nSPS) is 10.6. The van der Waals surface area contributed by atoms with Gasteiger partial charge in [0.25, 0.3) is 5.91 Å². The van der Waals surface area contributed by atoms with Crippen molar-refractivity contribution in [2.45, 2.75) is 32.9 Å². The van der Waals surface area contributed by atoms with Crippen molar-refractivity contribution in [2.75, 3.05) is 6.54 Å². The lowest BCUT2D eigenvalue weighted by atomic mass is 10.3. The molecule has 2 heterocycles. The quantitative estimate of drug-likeness (QED) is 0.764. The summed E-state index contributed by atoms with van der Waals surface area (Å²) in [6.07, 6.45) is 7.14. The van der Waals surface area contributed by atoms with Gasteiger partial charge >= 0.3 is 0 Å². The van der Waals surface area contributed by atoms with Crippen LogP contribution in [0.3, 0.4) is 0 Å². The number of aromatic nitrogens is 4. The largest absolute Gasteiger partial charge is 0.351 e. The highest BCUT2D eigenvalue weighted by molar-refractivity contribution is 5.92. The Morgan fingerprint density at radius 2 is 2.21 bits per heavy atom. The van der Waals surface area contributed by atoms with E-state index in [1.54, 1.807) is 23.1 Å². The summed E-state index contributed by atoms with van der Waals surface area (Å²) in [6.45, 7) is 4.27.